The number of fused-ring (bicyclic) bond motifs is 1. The molecule has 0 radical (unpaired) electrons. The predicted octanol–water partition coefficient (Wildman–Crippen LogP) is 3.75. The number of hydrogen-bond donors (Lipinski definition) is 0. The third-order valence-electron chi connectivity index (χ3n) is 3.21. The van der Waals surface area contributed by atoms with Crippen LogP contribution in [0.5, 0.6) is 0 Å². The summed E-state index contributed by atoms with van der Waals surface area (Å²) in [5, 5.41) is 10.3. The molecule has 0 aliphatic heterocycles. The summed E-state index contributed by atoms with van der Waals surface area (Å²) in [4.78, 5) is 17.5. The molecule has 0 saturated carbocycles. The zero-order valence-corrected chi connectivity index (χ0v) is 12.4. The lowest BCUT2D eigenvalue weighted by Gasteiger charge is -2.02. The Hall–Kier alpha value is -2.31. The number of carbonyl (C=O) groups excluding carboxylic acids is 1. The topological polar surface area (TPSA) is 47.3 Å². The number of hydrogen-bond acceptors (Lipinski definition) is 5. The number of aromatic nitrogens is 3. The maximum atomic E-state index is 12.5. The van der Waals surface area contributed by atoms with Crippen molar-refractivity contribution < 1.29 is 4.79 Å². The number of carbonyl (C=O) groups is 1. The highest BCUT2D eigenvalue weighted by atomic mass is 32.1. The molecule has 4 nitrogen and oxygen atoms in total. The Morgan fingerprint density at radius 1 is 1.19 bits per heavy atom. The van der Waals surface area contributed by atoms with Gasteiger partial charge in [0.15, 0.2) is 5.65 Å². The van der Waals surface area contributed by atoms with Crippen LogP contribution in [0.25, 0.3) is 16.9 Å². The van der Waals surface area contributed by atoms with Crippen LogP contribution >= 0.6 is 22.7 Å². The van der Waals surface area contributed by atoms with E-state index in [4.69, 9.17) is 0 Å². The molecule has 4 aromatic rings. The normalized spacial score (nSPS) is 11.0. The molecule has 0 aliphatic rings. The molecule has 0 spiro atoms. The fourth-order valence-corrected chi connectivity index (χ4v) is 3.55. The monoisotopic (exact) mass is 311 g/mol. The molecule has 4 aromatic heterocycles. The molecule has 0 bridgehead atoms. The molecular formula is C15H9N3OS2. The third kappa shape index (κ3) is 2.00. The fraction of sp³-hybridized carbons (Fsp3) is 0. The van der Waals surface area contributed by atoms with Crippen LogP contribution in [-0.2, 0) is 0 Å². The van der Waals surface area contributed by atoms with E-state index in [-0.39, 0.29) is 5.78 Å². The highest BCUT2D eigenvalue weighted by Crippen LogP contribution is 2.24. The van der Waals surface area contributed by atoms with Crippen LogP contribution in [0.15, 0.2) is 52.8 Å². The second-order valence-electron chi connectivity index (χ2n) is 4.44. The van der Waals surface area contributed by atoms with Gasteiger partial charge in [-0.3, -0.25) is 4.79 Å². The van der Waals surface area contributed by atoms with Gasteiger partial charge >= 0.3 is 0 Å². The van der Waals surface area contributed by atoms with E-state index in [1.807, 2.05) is 35.0 Å². The molecule has 0 atom stereocenters. The second kappa shape index (κ2) is 4.91. The molecule has 0 amide bonds. The van der Waals surface area contributed by atoms with E-state index >= 15 is 0 Å². The maximum Gasteiger partial charge on any atom is 0.208 e. The maximum absolute atomic E-state index is 12.5. The number of rotatable bonds is 3. The summed E-state index contributed by atoms with van der Waals surface area (Å²) in [5.74, 6) is -0.0324. The fourth-order valence-electron chi connectivity index (χ4n) is 2.22. The Bertz CT molecular complexity index is 908. The minimum Gasteiger partial charge on any atom is -0.287 e. The summed E-state index contributed by atoms with van der Waals surface area (Å²) in [7, 11) is 0. The number of thiophene rings is 2. The van der Waals surface area contributed by atoms with Gasteiger partial charge in [0.2, 0.25) is 5.78 Å². The highest BCUT2D eigenvalue weighted by molar-refractivity contribution is 7.12. The van der Waals surface area contributed by atoms with Crippen LogP contribution in [-0.4, -0.2) is 20.4 Å². The average molecular weight is 311 g/mol. The van der Waals surface area contributed by atoms with E-state index < -0.39 is 0 Å². The smallest absolute Gasteiger partial charge is 0.208 e. The minimum atomic E-state index is -0.0324. The minimum absolute atomic E-state index is 0.0324. The van der Waals surface area contributed by atoms with E-state index in [1.54, 1.807) is 28.2 Å². The molecular weight excluding hydrogens is 302 g/mol. The molecule has 6 heteroatoms. The van der Waals surface area contributed by atoms with E-state index in [0.29, 0.717) is 16.1 Å². The van der Waals surface area contributed by atoms with Gasteiger partial charge in [0.25, 0.3) is 0 Å². The standard InChI is InChI=1S/C15H9N3OS2/c19-14(13-2-1-6-21-13)11-8-17-18-12(3-5-16-15(11)18)10-4-7-20-9-10/h1-9H. The summed E-state index contributed by atoms with van der Waals surface area (Å²) in [6.07, 6.45) is 3.31. The second-order valence-corrected chi connectivity index (χ2v) is 6.17. The average Bonchev–Trinajstić information content (AvgIpc) is 3.25. The van der Waals surface area contributed by atoms with Crippen molar-refractivity contribution in [1.82, 2.24) is 14.6 Å². The number of ketones is 1. The largest absolute Gasteiger partial charge is 0.287 e. The summed E-state index contributed by atoms with van der Waals surface area (Å²) >= 11 is 3.05. The van der Waals surface area contributed by atoms with Gasteiger partial charge in [0.1, 0.15) is 0 Å². The number of nitrogens with zero attached hydrogens (tertiary/aromatic N) is 3. The van der Waals surface area contributed by atoms with Gasteiger partial charge in [-0.15, -0.1) is 11.3 Å². The lowest BCUT2D eigenvalue weighted by atomic mass is 10.2. The molecule has 0 aliphatic carbocycles. The highest BCUT2D eigenvalue weighted by Gasteiger charge is 2.18. The summed E-state index contributed by atoms with van der Waals surface area (Å²) in [5.41, 5.74) is 3.14. The van der Waals surface area contributed by atoms with E-state index in [9.17, 15) is 4.79 Å². The lowest BCUT2D eigenvalue weighted by Crippen LogP contribution is -2.00. The Balaban J connectivity index is 1.90. The van der Waals surface area contributed by atoms with Gasteiger partial charge < -0.3 is 0 Å². The van der Waals surface area contributed by atoms with Crippen LogP contribution in [0.2, 0.25) is 0 Å². The van der Waals surface area contributed by atoms with Gasteiger partial charge in [-0.2, -0.15) is 16.4 Å². The SMILES string of the molecule is O=C(c1cccs1)c1cnn2c(-c3ccsc3)ccnc12. The van der Waals surface area contributed by atoms with Crippen LogP contribution < -0.4 is 0 Å². The summed E-state index contributed by atoms with van der Waals surface area (Å²) < 4.78 is 1.73. The molecule has 102 valence electrons. The van der Waals surface area contributed by atoms with Crippen LogP contribution in [0.3, 0.4) is 0 Å². The quantitative estimate of drug-likeness (QED) is 0.541. The first-order valence-electron chi connectivity index (χ1n) is 6.28. The Morgan fingerprint density at radius 2 is 2.14 bits per heavy atom. The molecule has 4 rings (SSSR count). The predicted molar refractivity (Wildman–Crippen MR) is 84.1 cm³/mol. The van der Waals surface area contributed by atoms with Crippen molar-refractivity contribution in [1.29, 1.82) is 0 Å². The lowest BCUT2D eigenvalue weighted by molar-refractivity contribution is 0.104. The van der Waals surface area contributed by atoms with Crippen molar-refractivity contribution in [3.8, 4) is 11.3 Å². The van der Waals surface area contributed by atoms with E-state index in [1.165, 1.54) is 11.3 Å². The molecule has 21 heavy (non-hydrogen) atoms. The molecule has 0 fully saturated rings. The van der Waals surface area contributed by atoms with Crippen molar-refractivity contribution in [2.75, 3.05) is 0 Å². The van der Waals surface area contributed by atoms with E-state index in [2.05, 4.69) is 15.5 Å². The van der Waals surface area contributed by atoms with Crippen LogP contribution in [0.1, 0.15) is 15.2 Å². The zero-order chi connectivity index (χ0) is 14.2. The van der Waals surface area contributed by atoms with Gasteiger partial charge in [-0.1, -0.05) is 6.07 Å². The molecule has 4 heterocycles. The first kappa shape index (κ1) is 12.4. The van der Waals surface area contributed by atoms with Gasteiger partial charge in [-0.05, 0) is 29.0 Å². The first-order chi connectivity index (χ1) is 10.3. The van der Waals surface area contributed by atoms with Gasteiger partial charge in [0, 0.05) is 17.1 Å². The Kier molecular flexibility index (Phi) is 2.90. The van der Waals surface area contributed by atoms with E-state index in [0.717, 1.165) is 11.3 Å². The third-order valence-corrected chi connectivity index (χ3v) is 4.76. The molecule has 0 saturated heterocycles. The summed E-state index contributed by atoms with van der Waals surface area (Å²) in [6.45, 7) is 0. The van der Waals surface area contributed by atoms with Crippen LogP contribution in [0, 0.1) is 0 Å². The van der Waals surface area contributed by atoms with Crippen molar-refractivity contribution in [2.45, 2.75) is 0 Å². The molecule has 0 aromatic carbocycles. The van der Waals surface area contributed by atoms with Crippen molar-refractivity contribution in [2.24, 2.45) is 0 Å². The zero-order valence-electron chi connectivity index (χ0n) is 10.8. The van der Waals surface area contributed by atoms with Crippen molar-refractivity contribution in [3.63, 3.8) is 0 Å². The Labute approximate surface area is 128 Å². The van der Waals surface area contributed by atoms with Crippen LogP contribution in [0.4, 0.5) is 0 Å². The van der Waals surface area contributed by atoms with Gasteiger partial charge in [0.05, 0.1) is 22.3 Å². The summed E-state index contributed by atoms with van der Waals surface area (Å²) in [6, 6.07) is 7.62. The Morgan fingerprint density at radius 3 is 2.90 bits per heavy atom. The van der Waals surface area contributed by atoms with Crippen molar-refractivity contribution >= 4 is 34.1 Å². The molecule has 0 N–H and O–H groups in total. The first-order valence-corrected chi connectivity index (χ1v) is 8.10. The van der Waals surface area contributed by atoms with Gasteiger partial charge in [-0.25, -0.2) is 9.50 Å². The van der Waals surface area contributed by atoms with Crippen molar-refractivity contribution in [3.05, 3.63) is 63.2 Å². The molecule has 0 unspecified atom stereocenters.